The Kier molecular flexibility index (Phi) is 5.36. The molecule has 7 atom stereocenters. The van der Waals surface area contributed by atoms with Crippen LogP contribution in [0, 0.1) is 0 Å². The van der Waals surface area contributed by atoms with E-state index in [0.717, 1.165) is 0 Å². The lowest BCUT2D eigenvalue weighted by molar-refractivity contribution is -0.173. The molecule has 0 spiro atoms. The Labute approximate surface area is 166 Å². The number of carbonyl (C=O) groups excluding carboxylic acids is 1. The summed E-state index contributed by atoms with van der Waals surface area (Å²) in [6, 6.07) is -1.59. The van der Waals surface area contributed by atoms with Crippen LogP contribution in [0.1, 0.15) is 13.3 Å². The summed E-state index contributed by atoms with van der Waals surface area (Å²) in [5, 5.41) is 39.6. The predicted octanol–water partition coefficient (Wildman–Crippen LogP) is -2.55. The maximum absolute atomic E-state index is 12.4. The van der Waals surface area contributed by atoms with Crippen LogP contribution in [0.3, 0.4) is 0 Å². The van der Waals surface area contributed by atoms with Gasteiger partial charge >= 0.3 is 0 Å². The minimum absolute atomic E-state index is 0.361. The number of nitrogens with one attached hydrogen (secondary N) is 3. The number of nitrogens with zero attached hydrogens (tertiary/aromatic N) is 4. The van der Waals surface area contributed by atoms with Crippen molar-refractivity contribution in [2.45, 2.75) is 56.1 Å². The number of ether oxygens (including phenoxy) is 1. The SMILES string of the molecule is C[C@@H]1O[C@H](Nc2ncnc3c2ncn3C)[C@@H](O)[C@H](O)[C@H]1NC(=O)[C@@H]1NCC[C@@H]1O. The first-order chi connectivity index (χ1) is 13.9. The first kappa shape index (κ1) is 19.9. The highest BCUT2D eigenvalue weighted by molar-refractivity contribution is 5.83. The molecule has 12 nitrogen and oxygen atoms in total. The number of hydrogen-bond donors (Lipinski definition) is 6. The second-order valence-corrected chi connectivity index (χ2v) is 7.46. The predicted molar refractivity (Wildman–Crippen MR) is 101 cm³/mol. The van der Waals surface area contributed by atoms with Gasteiger partial charge in [0, 0.05) is 7.05 Å². The van der Waals surface area contributed by atoms with E-state index in [2.05, 4.69) is 30.9 Å². The Hall–Kier alpha value is -2.38. The van der Waals surface area contributed by atoms with Gasteiger partial charge in [-0.05, 0) is 19.9 Å². The number of imidazole rings is 1. The van der Waals surface area contributed by atoms with Crippen molar-refractivity contribution in [1.82, 2.24) is 30.2 Å². The van der Waals surface area contributed by atoms with Crippen molar-refractivity contribution < 1.29 is 24.9 Å². The van der Waals surface area contributed by atoms with Crippen LogP contribution in [0.5, 0.6) is 0 Å². The minimum atomic E-state index is -1.34. The van der Waals surface area contributed by atoms with E-state index >= 15 is 0 Å². The average molecular weight is 407 g/mol. The molecule has 4 rings (SSSR count). The molecular weight excluding hydrogens is 382 g/mol. The van der Waals surface area contributed by atoms with Gasteiger partial charge in [-0.3, -0.25) is 4.79 Å². The summed E-state index contributed by atoms with van der Waals surface area (Å²) in [5.41, 5.74) is 1.11. The van der Waals surface area contributed by atoms with E-state index in [1.54, 1.807) is 24.9 Å². The van der Waals surface area contributed by atoms with Crippen molar-refractivity contribution in [2.75, 3.05) is 11.9 Å². The molecule has 2 saturated heterocycles. The first-order valence-corrected chi connectivity index (χ1v) is 9.49. The van der Waals surface area contributed by atoms with Gasteiger partial charge in [0.1, 0.15) is 30.1 Å². The average Bonchev–Trinajstić information content (AvgIpc) is 3.29. The molecule has 0 unspecified atom stereocenters. The van der Waals surface area contributed by atoms with Crippen LogP contribution in [0.25, 0.3) is 11.2 Å². The fourth-order valence-corrected chi connectivity index (χ4v) is 3.78. The topological polar surface area (TPSA) is 167 Å². The van der Waals surface area contributed by atoms with Crippen molar-refractivity contribution in [3.05, 3.63) is 12.7 Å². The summed E-state index contributed by atoms with van der Waals surface area (Å²) >= 11 is 0. The number of aryl methyl sites for hydroxylation is 1. The van der Waals surface area contributed by atoms with Crippen LogP contribution in [0.2, 0.25) is 0 Å². The van der Waals surface area contributed by atoms with Crippen molar-refractivity contribution >= 4 is 22.9 Å². The molecule has 158 valence electrons. The third kappa shape index (κ3) is 3.65. The Balaban J connectivity index is 1.46. The maximum atomic E-state index is 12.4. The Bertz CT molecular complexity index is 892. The molecule has 29 heavy (non-hydrogen) atoms. The lowest BCUT2D eigenvalue weighted by Gasteiger charge is -2.42. The normalized spacial score (nSPS) is 35.0. The molecule has 2 aromatic rings. The Morgan fingerprint density at radius 1 is 1.28 bits per heavy atom. The van der Waals surface area contributed by atoms with E-state index in [1.165, 1.54) is 6.33 Å². The van der Waals surface area contributed by atoms with E-state index in [-0.39, 0.29) is 0 Å². The third-order valence-electron chi connectivity index (χ3n) is 5.45. The van der Waals surface area contributed by atoms with E-state index < -0.39 is 48.6 Å². The highest BCUT2D eigenvalue weighted by atomic mass is 16.5. The Morgan fingerprint density at radius 2 is 2.07 bits per heavy atom. The van der Waals surface area contributed by atoms with Crippen LogP contribution in [-0.2, 0) is 16.6 Å². The molecular formula is C17H25N7O5. The minimum Gasteiger partial charge on any atom is -0.391 e. The smallest absolute Gasteiger partial charge is 0.240 e. The number of anilines is 1. The second-order valence-electron chi connectivity index (χ2n) is 7.46. The van der Waals surface area contributed by atoms with Crippen molar-refractivity contribution in [2.24, 2.45) is 7.05 Å². The molecule has 6 N–H and O–H groups in total. The van der Waals surface area contributed by atoms with Crippen LogP contribution in [0.4, 0.5) is 5.82 Å². The van der Waals surface area contributed by atoms with Gasteiger partial charge in [-0.15, -0.1) is 0 Å². The molecule has 2 fully saturated rings. The molecule has 1 amide bonds. The van der Waals surface area contributed by atoms with Gasteiger partial charge < -0.3 is 40.6 Å². The fraction of sp³-hybridized carbons (Fsp3) is 0.647. The summed E-state index contributed by atoms with van der Waals surface area (Å²) in [6.07, 6.45) is -1.57. The van der Waals surface area contributed by atoms with Crippen LogP contribution >= 0.6 is 0 Å². The van der Waals surface area contributed by atoms with E-state index in [0.29, 0.717) is 29.9 Å². The standard InChI is InChI=1S/C17H25N7O5/c1-7-9(22-16(28)10-8(25)3-4-18-10)12(26)13(27)17(29-7)23-14-11-15(20-5-19-14)24(2)6-21-11/h5-10,12-13,17-18,25-27H,3-4H2,1-2H3,(H,22,28)(H,19,20,23)/t7-,8-,9-,10+,12+,13-,17-/m0/s1. The van der Waals surface area contributed by atoms with Gasteiger partial charge in [0.25, 0.3) is 0 Å². The molecule has 0 saturated carbocycles. The largest absolute Gasteiger partial charge is 0.391 e. The van der Waals surface area contributed by atoms with Gasteiger partial charge in [0.15, 0.2) is 17.7 Å². The van der Waals surface area contributed by atoms with Gasteiger partial charge in [-0.2, -0.15) is 0 Å². The van der Waals surface area contributed by atoms with Crippen molar-refractivity contribution in [1.29, 1.82) is 0 Å². The number of amides is 1. The molecule has 0 bridgehead atoms. The molecule has 2 aromatic heterocycles. The highest BCUT2D eigenvalue weighted by Crippen LogP contribution is 2.25. The zero-order chi connectivity index (χ0) is 20.7. The Morgan fingerprint density at radius 3 is 2.79 bits per heavy atom. The molecule has 2 aliphatic rings. The van der Waals surface area contributed by atoms with Crippen molar-refractivity contribution in [3.63, 3.8) is 0 Å². The van der Waals surface area contributed by atoms with Gasteiger partial charge in [-0.25, -0.2) is 15.0 Å². The quantitative estimate of drug-likeness (QED) is 0.317. The number of carbonyl (C=O) groups is 1. The number of aromatic nitrogens is 4. The molecule has 0 aromatic carbocycles. The number of hydrogen-bond acceptors (Lipinski definition) is 10. The summed E-state index contributed by atoms with van der Waals surface area (Å²) < 4.78 is 7.55. The fourth-order valence-electron chi connectivity index (χ4n) is 3.78. The van der Waals surface area contributed by atoms with Gasteiger partial charge in [-0.1, -0.05) is 0 Å². The summed E-state index contributed by atoms with van der Waals surface area (Å²) in [6.45, 7) is 2.22. The van der Waals surface area contributed by atoms with Gasteiger partial charge in [0.05, 0.1) is 24.6 Å². The van der Waals surface area contributed by atoms with E-state index in [1.807, 2.05) is 0 Å². The third-order valence-corrected chi connectivity index (χ3v) is 5.45. The maximum Gasteiger partial charge on any atom is 0.240 e. The highest BCUT2D eigenvalue weighted by Gasteiger charge is 2.45. The monoisotopic (exact) mass is 407 g/mol. The molecule has 2 aliphatic heterocycles. The summed E-state index contributed by atoms with van der Waals surface area (Å²) in [7, 11) is 1.80. The number of fused-ring (bicyclic) bond motifs is 1. The first-order valence-electron chi connectivity index (χ1n) is 9.49. The lowest BCUT2D eigenvalue weighted by atomic mass is 9.95. The van der Waals surface area contributed by atoms with Crippen LogP contribution in [0.15, 0.2) is 12.7 Å². The zero-order valence-electron chi connectivity index (χ0n) is 16.1. The number of rotatable bonds is 4. The van der Waals surface area contributed by atoms with E-state index in [9.17, 15) is 20.1 Å². The zero-order valence-corrected chi connectivity index (χ0v) is 16.1. The second kappa shape index (κ2) is 7.80. The summed E-state index contributed by atoms with van der Waals surface area (Å²) in [4.78, 5) is 25.0. The number of aliphatic hydroxyl groups is 3. The lowest BCUT2D eigenvalue weighted by Crippen LogP contribution is -2.65. The summed E-state index contributed by atoms with van der Waals surface area (Å²) in [5.74, 6) is -0.0843. The molecule has 0 aliphatic carbocycles. The van der Waals surface area contributed by atoms with E-state index in [4.69, 9.17) is 4.74 Å². The number of aliphatic hydroxyl groups excluding tert-OH is 3. The van der Waals surface area contributed by atoms with Crippen molar-refractivity contribution in [3.8, 4) is 0 Å². The molecule has 12 heteroatoms. The molecule has 0 radical (unpaired) electrons. The van der Waals surface area contributed by atoms with Gasteiger partial charge in [0.2, 0.25) is 5.91 Å². The van der Waals surface area contributed by atoms with Crippen LogP contribution < -0.4 is 16.0 Å². The van der Waals surface area contributed by atoms with Crippen LogP contribution in [-0.4, -0.2) is 90.0 Å². The molecule has 4 heterocycles.